The Morgan fingerprint density at radius 3 is 2.64 bits per heavy atom. The minimum atomic E-state index is -0.476. The van der Waals surface area contributed by atoms with Gasteiger partial charge in [-0.25, -0.2) is 9.18 Å². The van der Waals surface area contributed by atoms with Crippen LogP contribution in [0.5, 0.6) is 0 Å². The van der Waals surface area contributed by atoms with Crippen LogP contribution in [-0.2, 0) is 11.3 Å². The number of urea groups is 1. The van der Waals surface area contributed by atoms with Gasteiger partial charge in [0, 0.05) is 14.7 Å². The summed E-state index contributed by atoms with van der Waals surface area (Å²) < 4.78 is 13.8. The van der Waals surface area contributed by atoms with Crippen LogP contribution in [-0.4, -0.2) is 16.8 Å². The summed E-state index contributed by atoms with van der Waals surface area (Å²) in [4.78, 5) is 26.2. The number of nitrogens with one attached hydrogen (secondary N) is 1. The van der Waals surface area contributed by atoms with Crippen molar-refractivity contribution in [3.63, 3.8) is 0 Å². The Morgan fingerprint density at radius 1 is 1.27 bits per heavy atom. The molecule has 3 amide bonds. The fourth-order valence-corrected chi connectivity index (χ4v) is 3.41. The lowest BCUT2D eigenvalue weighted by Crippen LogP contribution is -2.30. The van der Waals surface area contributed by atoms with E-state index in [0.29, 0.717) is 5.56 Å². The molecule has 22 heavy (non-hydrogen) atoms. The molecule has 1 fully saturated rings. The molecule has 4 nitrogen and oxygen atoms in total. The molecule has 0 atom stereocenters. The van der Waals surface area contributed by atoms with Crippen LogP contribution in [0.15, 0.2) is 45.9 Å². The van der Waals surface area contributed by atoms with E-state index in [1.807, 2.05) is 11.4 Å². The fourth-order valence-electron chi connectivity index (χ4n) is 2.03. The highest BCUT2D eigenvalue weighted by Crippen LogP contribution is 2.23. The number of thiophene rings is 1. The second kappa shape index (κ2) is 6.02. The number of halogens is 2. The molecule has 0 bridgehead atoms. The average Bonchev–Trinajstić information content (AvgIpc) is 3.00. The molecule has 0 aliphatic carbocycles. The summed E-state index contributed by atoms with van der Waals surface area (Å²) in [6.07, 6.45) is 1.64. The van der Waals surface area contributed by atoms with E-state index in [-0.39, 0.29) is 24.0 Å². The van der Waals surface area contributed by atoms with Crippen LogP contribution in [0.4, 0.5) is 9.18 Å². The van der Waals surface area contributed by atoms with Crippen molar-refractivity contribution in [1.82, 2.24) is 10.2 Å². The number of benzene rings is 1. The molecular formula is C15H10BrFN2O2S. The Balaban J connectivity index is 1.79. The van der Waals surface area contributed by atoms with Gasteiger partial charge in [0.25, 0.3) is 5.91 Å². The zero-order chi connectivity index (χ0) is 15.7. The van der Waals surface area contributed by atoms with E-state index < -0.39 is 6.03 Å². The number of carbonyl (C=O) groups excluding carboxylic acids is 2. The van der Waals surface area contributed by atoms with Gasteiger partial charge in [-0.1, -0.05) is 12.1 Å². The normalized spacial score (nSPS) is 16.5. The van der Waals surface area contributed by atoms with Gasteiger partial charge in [-0.15, -0.1) is 11.3 Å². The summed E-state index contributed by atoms with van der Waals surface area (Å²) in [7, 11) is 0. The number of amides is 3. The Hall–Kier alpha value is -1.99. The standard InChI is InChI=1S/C15H10BrFN2O2S/c16-10-5-12(22-8-10)6-13-14(20)19(15(21)18-13)7-9-1-3-11(17)4-2-9/h1-6,8H,7H2,(H,18,21)/b13-6+. The first-order chi connectivity index (χ1) is 10.5. The predicted octanol–water partition coefficient (Wildman–Crippen LogP) is 3.74. The topological polar surface area (TPSA) is 49.4 Å². The summed E-state index contributed by atoms with van der Waals surface area (Å²) >= 11 is 4.80. The minimum Gasteiger partial charge on any atom is -0.303 e. The lowest BCUT2D eigenvalue weighted by molar-refractivity contribution is -0.123. The highest BCUT2D eigenvalue weighted by molar-refractivity contribution is 9.10. The zero-order valence-corrected chi connectivity index (χ0v) is 13.6. The molecule has 1 aliphatic heterocycles. The van der Waals surface area contributed by atoms with E-state index in [9.17, 15) is 14.0 Å². The third-order valence-corrected chi connectivity index (χ3v) is 4.73. The first-order valence-corrected chi connectivity index (χ1v) is 8.03. The van der Waals surface area contributed by atoms with Crippen LogP contribution in [0.1, 0.15) is 10.4 Å². The van der Waals surface area contributed by atoms with Gasteiger partial charge in [0.1, 0.15) is 11.5 Å². The van der Waals surface area contributed by atoms with Crippen molar-refractivity contribution in [1.29, 1.82) is 0 Å². The van der Waals surface area contributed by atoms with Gasteiger partial charge in [0.2, 0.25) is 0 Å². The van der Waals surface area contributed by atoms with Gasteiger partial charge in [-0.3, -0.25) is 9.69 Å². The third kappa shape index (κ3) is 3.10. The smallest absolute Gasteiger partial charge is 0.303 e. The van der Waals surface area contributed by atoms with E-state index in [0.717, 1.165) is 14.2 Å². The maximum absolute atomic E-state index is 12.9. The maximum Gasteiger partial charge on any atom is 0.329 e. The summed E-state index contributed by atoms with van der Waals surface area (Å²) in [5, 5.41) is 4.45. The van der Waals surface area contributed by atoms with Crippen molar-refractivity contribution in [2.24, 2.45) is 0 Å². The molecule has 3 rings (SSSR count). The van der Waals surface area contributed by atoms with Crippen molar-refractivity contribution >= 4 is 45.3 Å². The van der Waals surface area contributed by atoms with Gasteiger partial charge < -0.3 is 5.32 Å². The first-order valence-electron chi connectivity index (χ1n) is 6.36. The molecule has 0 spiro atoms. The van der Waals surface area contributed by atoms with E-state index in [2.05, 4.69) is 21.2 Å². The summed E-state index contributed by atoms with van der Waals surface area (Å²) in [6.45, 7) is 0.108. The van der Waals surface area contributed by atoms with Crippen LogP contribution < -0.4 is 5.32 Å². The molecule has 1 N–H and O–H groups in total. The quantitative estimate of drug-likeness (QED) is 0.651. The van der Waals surface area contributed by atoms with Gasteiger partial charge in [-0.2, -0.15) is 0 Å². The SMILES string of the molecule is O=C1N/C(=C/c2cc(Br)cs2)C(=O)N1Cc1ccc(F)cc1. The van der Waals surface area contributed by atoms with Crippen LogP contribution >= 0.6 is 27.3 Å². The molecule has 7 heteroatoms. The lowest BCUT2D eigenvalue weighted by atomic mass is 10.2. The van der Waals surface area contributed by atoms with Crippen LogP contribution in [0.2, 0.25) is 0 Å². The zero-order valence-electron chi connectivity index (χ0n) is 11.2. The molecule has 1 aromatic heterocycles. The van der Waals surface area contributed by atoms with Crippen LogP contribution in [0.25, 0.3) is 6.08 Å². The predicted molar refractivity (Wildman–Crippen MR) is 85.5 cm³/mol. The van der Waals surface area contributed by atoms with Crippen molar-refractivity contribution in [2.45, 2.75) is 6.54 Å². The van der Waals surface area contributed by atoms with E-state index in [1.165, 1.54) is 23.5 Å². The van der Waals surface area contributed by atoms with E-state index in [4.69, 9.17) is 0 Å². The summed E-state index contributed by atoms with van der Waals surface area (Å²) in [5.74, 6) is -0.747. The Kier molecular flexibility index (Phi) is 4.08. The van der Waals surface area contributed by atoms with Gasteiger partial charge in [0.15, 0.2) is 0 Å². The molecule has 0 saturated carbocycles. The van der Waals surface area contributed by atoms with Crippen molar-refractivity contribution in [2.75, 3.05) is 0 Å². The second-order valence-electron chi connectivity index (χ2n) is 4.67. The molecule has 2 heterocycles. The lowest BCUT2D eigenvalue weighted by Gasteiger charge is -2.11. The monoisotopic (exact) mass is 380 g/mol. The third-order valence-electron chi connectivity index (χ3n) is 3.09. The molecule has 112 valence electrons. The van der Waals surface area contributed by atoms with E-state index in [1.54, 1.807) is 18.2 Å². The maximum atomic E-state index is 12.9. The number of hydrogen-bond acceptors (Lipinski definition) is 3. The molecule has 0 unspecified atom stereocenters. The molecule has 0 radical (unpaired) electrons. The Morgan fingerprint density at radius 2 is 2.00 bits per heavy atom. The van der Waals surface area contributed by atoms with Gasteiger partial charge in [0.05, 0.1) is 6.54 Å². The number of rotatable bonds is 3. The number of imide groups is 1. The van der Waals surface area contributed by atoms with E-state index >= 15 is 0 Å². The highest BCUT2D eigenvalue weighted by Gasteiger charge is 2.33. The average molecular weight is 381 g/mol. The summed E-state index contributed by atoms with van der Waals surface area (Å²) in [6, 6.07) is 7.08. The van der Waals surface area contributed by atoms with Gasteiger partial charge in [-0.05, 0) is 45.8 Å². The van der Waals surface area contributed by atoms with Crippen LogP contribution in [0, 0.1) is 5.82 Å². The van der Waals surface area contributed by atoms with Crippen molar-refractivity contribution < 1.29 is 14.0 Å². The van der Waals surface area contributed by atoms with Crippen LogP contribution in [0.3, 0.4) is 0 Å². The number of hydrogen-bond donors (Lipinski definition) is 1. The molecule has 1 aliphatic rings. The second-order valence-corrected chi connectivity index (χ2v) is 6.53. The fraction of sp³-hybridized carbons (Fsp3) is 0.0667. The molecule has 2 aromatic rings. The largest absolute Gasteiger partial charge is 0.329 e. The van der Waals surface area contributed by atoms with Crippen molar-refractivity contribution in [3.8, 4) is 0 Å². The molecule has 1 aromatic carbocycles. The highest BCUT2D eigenvalue weighted by atomic mass is 79.9. The van der Waals surface area contributed by atoms with Gasteiger partial charge >= 0.3 is 6.03 Å². The molecule has 1 saturated heterocycles. The number of carbonyl (C=O) groups is 2. The van der Waals surface area contributed by atoms with Crippen molar-refractivity contribution in [3.05, 3.63) is 62.1 Å². The number of nitrogens with zero attached hydrogens (tertiary/aromatic N) is 1. The Labute approximate surface area is 138 Å². The minimum absolute atomic E-state index is 0.108. The summed E-state index contributed by atoms with van der Waals surface area (Å²) in [5.41, 5.74) is 0.923. The Bertz CT molecular complexity index is 770. The first kappa shape index (κ1) is 14.9. The molecular weight excluding hydrogens is 371 g/mol.